The van der Waals surface area contributed by atoms with Gasteiger partial charge in [-0.1, -0.05) is 38.0 Å². The Morgan fingerprint density at radius 3 is 2.32 bits per heavy atom. The van der Waals surface area contributed by atoms with Crippen molar-refractivity contribution in [2.75, 3.05) is 24.5 Å². The van der Waals surface area contributed by atoms with E-state index < -0.39 is 5.97 Å². The highest BCUT2D eigenvalue weighted by Gasteiger charge is 2.30. The number of aliphatic carboxylic acids is 1. The lowest BCUT2D eigenvalue weighted by molar-refractivity contribution is -0.141. The van der Waals surface area contributed by atoms with Crippen LogP contribution in [0.5, 0.6) is 0 Å². The molecule has 2 aliphatic rings. The Bertz CT molecular complexity index is 647. The van der Waals surface area contributed by atoms with E-state index in [1.807, 2.05) is 12.1 Å². The molecule has 0 unspecified atom stereocenters. The Morgan fingerprint density at radius 1 is 1.11 bits per heavy atom. The first-order chi connectivity index (χ1) is 13.6. The van der Waals surface area contributed by atoms with E-state index in [1.54, 1.807) is 0 Å². The number of carbonyl (C=O) groups is 1. The van der Waals surface area contributed by atoms with Crippen molar-refractivity contribution >= 4 is 17.4 Å². The van der Waals surface area contributed by atoms with Crippen LogP contribution in [0.1, 0.15) is 50.5 Å². The second kappa shape index (κ2) is 9.94. The fraction of sp³-hybridized carbons (Fsp3) is 0.591. The summed E-state index contributed by atoms with van der Waals surface area (Å²) in [6, 6.07) is 7.63. The van der Waals surface area contributed by atoms with E-state index in [-0.39, 0.29) is 12.0 Å². The number of carboxylic acids is 1. The van der Waals surface area contributed by atoms with Gasteiger partial charge in [0.05, 0.1) is 5.70 Å². The van der Waals surface area contributed by atoms with E-state index >= 15 is 0 Å². The molecule has 1 heterocycles. The van der Waals surface area contributed by atoms with E-state index in [0.717, 1.165) is 63.7 Å². The van der Waals surface area contributed by atoms with Crippen LogP contribution >= 0.6 is 0 Å². The Morgan fingerprint density at radius 2 is 1.75 bits per heavy atom. The van der Waals surface area contributed by atoms with E-state index in [9.17, 15) is 9.90 Å². The summed E-state index contributed by atoms with van der Waals surface area (Å²) in [7, 11) is 0. The summed E-state index contributed by atoms with van der Waals surface area (Å²) >= 11 is 0. The Kier molecular flexibility index (Phi) is 7.34. The van der Waals surface area contributed by atoms with Crippen LogP contribution in [0.2, 0.25) is 0 Å². The number of benzene rings is 1. The fourth-order valence-corrected chi connectivity index (χ4v) is 4.55. The minimum absolute atomic E-state index is 0.285. The monoisotopic (exact) mass is 387 g/mol. The summed E-state index contributed by atoms with van der Waals surface area (Å²) in [6.07, 6.45) is 7.78. The molecule has 1 aromatic carbocycles. The number of carboxylic acid groups (broad SMARTS) is 1. The molecule has 0 aromatic heterocycles. The third-order valence-electron chi connectivity index (χ3n) is 6.34. The van der Waals surface area contributed by atoms with Crippen molar-refractivity contribution in [1.29, 1.82) is 0 Å². The van der Waals surface area contributed by atoms with E-state index in [2.05, 4.69) is 34.4 Å². The van der Waals surface area contributed by atoms with Crippen LogP contribution in [-0.2, 0) is 4.79 Å². The molecule has 0 radical (unpaired) electrons. The number of nitrogens with zero attached hydrogens (tertiary/aromatic N) is 1. The summed E-state index contributed by atoms with van der Waals surface area (Å²) in [5.74, 6) is 0.121. The molecule has 1 atom stereocenters. The number of rotatable bonds is 8. The number of hydrogen-bond acceptors (Lipinski definition) is 5. The Labute approximate surface area is 167 Å². The van der Waals surface area contributed by atoms with Gasteiger partial charge in [0.25, 0.3) is 0 Å². The first-order valence-electron chi connectivity index (χ1n) is 10.5. The van der Waals surface area contributed by atoms with Crippen LogP contribution in [-0.4, -0.2) is 42.0 Å². The quantitative estimate of drug-likeness (QED) is 0.511. The highest BCUT2D eigenvalue weighted by atomic mass is 16.5. The fourth-order valence-electron chi connectivity index (χ4n) is 4.55. The van der Waals surface area contributed by atoms with E-state index in [1.165, 1.54) is 12.1 Å². The zero-order valence-corrected chi connectivity index (χ0v) is 16.6. The second-order valence-corrected chi connectivity index (χ2v) is 8.19. The molecule has 28 heavy (non-hydrogen) atoms. The molecular weight excluding hydrogens is 354 g/mol. The van der Waals surface area contributed by atoms with Gasteiger partial charge in [-0.25, -0.2) is 0 Å². The van der Waals surface area contributed by atoms with Crippen LogP contribution in [0.3, 0.4) is 0 Å². The van der Waals surface area contributed by atoms with Crippen molar-refractivity contribution in [3.8, 4) is 0 Å². The normalized spacial score (nSPS) is 20.0. The minimum atomic E-state index is -0.691. The van der Waals surface area contributed by atoms with Crippen molar-refractivity contribution in [3.05, 3.63) is 36.4 Å². The van der Waals surface area contributed by atoms with Gasteiger partial charge >= 0.3 is 5.97 Å². The minimum Gasteiger partial charge on any atom is -0.480 e. The zero-order chi connectivity index (χ0) is 19.9. The lowest BCUT2D eigenvalue weighted by Gasteiger charge is -2.35. The predicted octanol–water partition coefficient (Wildman–Crippen LogP) is 3.48. The van der Waals surface area contributed by atoms with Crippen molar-refractivity contribution in [3.63, 3.8) is 0 Å². The van der Waals surface area contributed by atoms with Gasteiger partial charge in [-0.2, -0.15) is 0 Å². The maximum atomic E-state index is 11.7. The Balaban J connectivity index is 1.47. The summed E-state index contributed by atoms with van der Waals surface area (Å²) in [6.45, 7) is 6.50. The lowest BCUT2D eigenvalue weighted by atomic mass is 9.83. The standard InChI is InChI=1S/C22H33N3O3/c1-16(24-28)18-7-9-20(10-8-18)25-13-11-17(12-14-25)15-23-21(22(26)27)19-5-3-2-4-6-19/h7-10,17,19,21,23-24,28H,1-6,11-15H2,(H,26,27)/t21-/m0/s1. The number of piperidine rings is 1. The average molecular weight is 388 g/mol. The number of hydroxylamine groups is 1. The molecule has 0 amide bonds. The van der Waals surface area contributed by atoms with E-state index in [4.69, 9.17) is 5.21 Å². The zero-order valence-electron chi connectivity index (χ0n) is 16.6. The first-order valence-corrected chi connectivity index (χ1v) is 10.5. The van der Waals surface area contributed by atoms with Crippen molar-refractivity contribution in [1.82, 2.24) is 10.8 Å². The van der Waals surface area contributed by atoms with Gasteiger partial charge in [-0.05, 0) is 61.8 Å². The molecule has 3 rings (SSSR count). The molecule has 1 aromatic rings. The molecule has 2 fully saturated rings. The molecule has 1 saturated carbocycles. The number of anilines is 1. The average Bonchev–Trinajstić information content (AvgIpc) is 2.74. The summed E-state index contributed by atoms with van der Waals surface area (Å²) in [5.41, 5.74) is 4.61. The van der Waals surface area contributed by atoms with Gasteiger partial charge in [-0.15, -0.1) is 0 Å². The van der Waals surface area contributed by atoms with Crippen LogP contribution in [0, 0.1) is 11.8 Å². The summed E-state index contributed by atoms with van der Waals surface area (Å²) in [4.78, 5) is 14.1. The molecule has 0 spiro atoms. The molecule has 6 nitrogen and oxygen atoms in total. The number of hydrogen-bond donors (Lipinski definition) is 4. The van der Waals surface area contributed by atoms with Crippen molar-refractivity contribution < 1.29 is 15.1 Å². The third-order valence-corrected chi connectivity index (χ3v) is 6.34. The van der Waals surface area contributed by atoms with E-state index in [0.29, 0.717) is 11.6 Å². The molecule has 6 heteroatoms. The molecular formula is C22H33N3O3. The highest BCUT2D eigenvalue weighted by Crippen LogP contribution is 2.28. The van der Waals surface area contributed by atoms with Gasteiger partial charge in [-0.3, -0.25) is 15.5 Å². The molecule has 154 valence electrons. The van der Waals surface area contributed by atoms with Crippen molar-refractivity contribution in [2.45, 2.75) is 51.0 Å². The maximum Gasteiger partial charge on any atom is 0.320 e. The van der Waals surface area contributed by atoms with Gasteiger partial charge < -0.3 is 15.3 Å². The van der Waals surface area contributed by atoms with Gasteiger partial charge in [0.2, 0.25) is 0 Å². The maximum absolute atomic E-state index is 11.7. The highest BCUT2D eigenvalue weighted by molar-refractivity contribution is 5.73. The molecule has 0 bridgehead atoms. The van der Waals surface area contributed by atoms with Gasteiger partial charge in [0, 0.05) is 18.8 Å². The molecule has 1 aliphatic carbocycles. The van der Waals surface area contributed by atoms with Crippen LogP contribution in [0.15, 0.2) is 30.8 Å². The molecule has 1 saturated heterocycles. The summed E-state index contributed by atoms with van der Waals surface area (Å²) < 4.78 is 0. The predicted molar refractivity (Wildman–Crippen MR) is 111 cm³/mol. The first kappa shape index (κ1) is 20.7. The summed E-state index contributed by atoms with van der Waals surface area (Å²) in [5, 5.41) is 21.9. The third kappa shape index (κ3) is 5.26. The van der Waals surface area contributed by atoms with Crippen LogP contribution < -0.4 is 15.7 Å². The van der Waals surface area contributed by atoms with Crippen LogP contribution in [0.25, 0.3) is 5.70 Å². The van der Waals surface area contributed by atoms with Crippen molar-refractivity contribution in [2.24, 2.45) is 11.8 Å². The largest absolute Gasteiger partial charge is 0.480 e. The topological polar surface area (TPSA) is 84.8 Å². The number of nitrogens with one attached hydrogen (secondary N) is 2. The Hall–Kier alpha value is -2.05. The second-order valence-electron chi connectivity index (χ2n) is 8.19. The van der Waals surface area contributed by atoms with Crippen LogP contribution in [0.4, 0.5) is 5.69 Å². The smallest absolute Gasteiger partial charge is 0.320 e. The SMILES string of the molecule is C=C(NO)c1ccc(N2CCC(CN[C@H](C(=O)O)C3CCCCC3)CC2)cc1. The van der Waals surface area contributed by atoms with Gasteiger partial charge in [0.1, 0.15) is 6.04 Å². The van der Waals surface area contributed by atoms with Gasteiger partial charge in [0.15, 0.2) is 0 Å². The lowest BCUT2D eigenvalue weighted by Crippen LogP contribution is -2.47. The molecule has 1 aliphatic heterocycles. The molecule has 4 N–H and O–H groups in total.